The zero-order valence-electron chi connectivity index (χ0n) is 13.2. The van der Waals surface area contributed by atoms with E-state index in [4.69, 9.17) is 4.74 Å². The Morgan fingerprint density at radius 2 is 1.86 bits per heavy atom. The van der Waals surface area contributed by atoms with Crippen LogP contribution in [0, 0.1) is 0 Å². The van der Waals surface area contributed by atoms with Gasteiger partial charge in [0.2, 0.25) is 5.91 Å². The SMILES string of the molecule is C/C=C/C(=O)NC(CCNC(=O)OC(C)(C)C)C(=O)OC. The minimum Gasteiger partial charge on any atom is -0.467 e. The smallest absolute Gasteiger partial charge is 0.407 e. The molecule has 0 aliphatic rings. The number of rotatable bonds is 6. The van der Waals surface area contributed by atoms with Crippen LogP contribution in [0.15, 0.2) is 12.2 Å². The number of ether oxygens (including phenoxy) is 2. The van der Waals surface area contributed by atoms with Crippen molar-refractivity contribution in [2.75, 3.05) is 13.7 Å². The monoisotopic (exact) mass is 300 g/mol. The van der Waals surface area contributed by atoms with Crippen molar-refractivity contribution in [3.05, 3.63) is 12.2 Å². The average molecular weight is 300 g/mol. The molecule has 7 heteroatoms. The summed E-state index contributed by atoms with van der Waals surface area (Å²) in [6.07, 6.45) is 2.49. The van der Waals surface area contributed by atoms with Crippen LogP contribution in [-0.4, -0.2) is 43.3 Å². The molecular formula is C14H24N2O5. The highest BCUT2D eigenvalue weighted by molar-refractivity contribution is 5.91. The summed E-state index contributed by atoms with van der Waals surface area (Å²) < 4.78 is 9.67. The van der Waals surface area contributed by atoms with E-state index in [1.54, 1.807) is 33.8 Å². The van der Waals surface area contributed by atoms with Gasteiger partial charge in [-0.05, 0) is 40.2 Å². The molecule has 0 saturated heterocycles. The highest BCUT2D eigenvalue weighted by atomic mass is 16.6. The van der Waals surface area contributed by atoms with Crippen LogP contribution in [0.25, 0.3) is 0 Å². The van der Waals surface area contributed by atoms with Crippen LogP contribution in [-0.2, 0) is 19.1 Å². The Kier molecular flexibility index (Phi) is 8.11. The lowest BCUT2D eigenvalue weighted by atomic mass is 10.2. The van der Waals surface area contributed by atoms with Gasteiger partial charge in [-0.15, -0.1) is 0 Å². The minimum absolute atomic E-state index is 0.171. The van der Waals surface area contributed by atoms with E-state index in [1.807, 2.05) is 0 Å². The van der Waals surface area contributed by atoms with E-state index in [0.29, 0.717) is 0 Å². The van der Waals surface area contributed by atoms with Gasteiger partial charge >= 0.3 is 12.1 Å². The number of amides is 2. The molecule has 21 heavy (non-hydrogen) atoms. The van der Waals surface area contributed by atoms with Gasteiger partial charge in [-0.1, -0.05) is 6.08 Å². The van der Waals surface area contributed by atoms with Crippen LogP contribution in [0.5, 0.6) is 0 Å². The van der Waals surface area contributed by atoms with Crippen molar-refractivity contribution >= 4 is 18.0 Å². The van der Waals surface area contributed by atoms with Crippen LogP contribution in [0.3, 0.4) is 0 Å². The summed E-state index contributed by atoms with van der Waals surface area (Å²) in [5.74, 6) is -0.969. The Balaban J connectivity index is 4.34. The molecule has 0 rings (SSSR count). The van der Waals surface area contributed by atoms with E-state index >= 15 is 0 Å². The average Bonchev–Trinajstić information content (AvgIpc) is 2.34. The van der Waals surface area contributed by atoms with E-state index in [0.717, 1.165) is 0 Å². The van der Waals surface area contributed by atoms with E-state index in [9.17, 15) is 14.4 Å². The molecule has 1 unspecified atom stereocenters. The summed E-state index contributed by atoms with van der Waals surface area (Å²) in [5, 5.41) is 5.01. The normalized spacial score (nSPS) is 12.6. The van der Waals surface area contributed by atoms with E-state index in [2.05, 4.69) is 15.4 Å². The molecule has 0 radical (unpaired) electrons. The quantitative estimate of drug-likeness (QED) is 0.566. The highest BCUT2D eigenvalue weighted by Gasteiger charge is 2.21. The lowest BCUT2D eigenvalue weighted by Crippen LogP contribution is -2.43. The molecule has 0 aromatic rings. The number of carbonyl (C=O) groups excluding carboxylic acids is 3. The van der Waals surface area contributed by atoms with Gasteiger partial charge in [-0.2, -0.15) is 0 Å². The molecule has 0 aliphatic carbocycles. The van der Waals surface area contributed by atoms with Crippen molar-refractivity contribution < 1.29 is 23.9 Å². The molecule has 2 N–H and O–H groups in total. The van der Waals surface area contributed by atoms with Crippen molar-refractivity contribution in [2.24, 2.45) is 0 Å². The summed E-state index contributed by atoms with van der Waals surface area (Å²) >= 11 is 0. The topological polar surface area (TPSA) is 93.7 Å². The second-order valence-corrected chi connectivity index (χ2v) is 5.30. The molecule has 0 aromatic heterocycles. The third kappa shape index (κ3) is 9.48. The van der Waals surface area contributed by atoms with Gasteiger partial charge in [-0.3, -0.25) is 4.79 Å². The van der Waals surface area contributed by atoms with Gasteiger partial charge in [0, 0.05) is 6.54 Å². The fourth-order valence-electron chi connectivity index (χ4n) is 1.40. The molecule has 0 aliphatic heterocycles. The zero-order chi connectivity index (χ0) is 16.5. The molecule has 0 fully saturated rings. The van der Waals surface area contributed by atoms with Crippen molar-refractivity contribution in [3.8, 4) is 0 Å². The largest absolute Gasteiger partial charge is 0.467 e. The number of nitrogens with one attached hydrogen (secondary N) is 2. The third-order valence-corrected chi connectivity index (χ3v) is 2.22. The van der Waals surface area contributed by atoms with Crippen molar-refractivity contribution in [1.29, 1.82) is 0 Å². The lowest BCUT2D eigenvalue weighted by molar-refractivity contribution is -0.144. The Bertz CT molecular complexity index is 399. The second kappa shape index (κ2) is 8.99. The van der Waals surface area contributed by atoms with Gasteiger partial charge in [0.1, 0.15) is 11.6 Å². The Labute approximate surface area is 125 Å². The van der Waals surface area contributed by atoms with Crippen LogP contribution >= 0.6 is 0 Å². The van der Waals surface area contributed by atoms with Gasteiger partial charge in [0.15, 0.2) is 0 Å². The lowest BCUT2D eigenvalue weighted by Gasteiger charge is -2.20. The maximum absolute atomic E-state index is 11.6. The first-order chi connectivity index (χ1) is 9.69. The fraction of sp³-hybridized carbons (Fsp3) is 0.643. The van der Waals surface area contributed by atoms with E-state index < -0.39 is 29.6 Å². The molecule has 7 nitrogen and oxygen atoms in total. The Morgan fingerprint density at radius 1 is 1.24 bits per heavy atom. The Morgan fingerprint density at radius 3 is 2.33 bits per heavy atom. The molecule has 0 aromatic carbocycles. The molecule has 0 heterocycles. The first-order valence-electron chi connectivity index (χ1n) is 6.67. The molecule has 0 spiro atoms. The van der Waals surface area contributed by atoms with E-state index in [1.165, 1.54) is 13.2 Å². The first-order valence-corrected chi connectivity index (χ1v) is 6.67. The minimum atomic E-state index is -0.825. The molecule has 2 amide bonds. The molecular weight excluding hydrogens is 276 g/mol. The van der Waals surface area contributed by atoms with Crippen molar-refractivity contribution in [3.63, 3.8) is 0 Å². The summed E-state index contributed by atoms with van der Waals surface area (Å²) in [7, 11) is 1.23. The summed E-state index contributed by atoms with van der Waals surface area (Å²) in [5.41, 5.74) is -0.591. The van der Waals surface area contributed by atoms with Gasteiger partial charge in [0.05, 0.1) is 7.11 Å². The third-order valence-electron chi connectivity index (χ3n) is 2.22. The molecule has 0 saturated carbocycles. The predicted molar refractivity (Wildman–Crippen MR) is 77.6 cm³/mol. The van der Waals surface area contributed by atoms with Crippen LogP contribution in [0.2, 0.25) is 0 Å². The van der Waals surface area contributed by atoms with Gasteiger partial charge in [0.25, 0.3) is 0 Å². The van der Waals surface area contributed by atoms with Gasteiger partial charge < -0.3 is 20.1 Å². The molecule has 120 valence electrons. The number of hydrogen-bond donors (Lipinski definition) is 2. The predicted octanol–water partition coefficient (Wildman–Crippen LogP) is 1.14. The molecule has 1 atom stereocenters. The maximum Gasteiger partial charge on any atom is 0.407 e. The maximum atomic E-state index is 11.6. The zero-order valence-corrected chi connectivity index (χ0v) is 13.2. The summed E-state index contributed by atoms with van der Waals surface area (Å²) in [6, 6.07) is -0.825. The van der Waals surface area contributed by atoms with Crippen molar-refractivity contribution in [2.45, 2.75) is 45.8 Å². The number of allylic oxidation sites excluding steroid dienone is 1. The number of hydrogen-bond acceptors (Lipinski definition) is 5. The van der Waals surface area contributed by atoms with Crippen molar-refractivity contribution in [1.82, 2.24) is 10.6 Å². The Hall–Kier alpha value is -2.05. The highest BCUT2D eigenvalue weighted by Crippen LogP contribution is 2.06. The van der Waals surface area contributed by atoms with Gasteiger partial charge in [-0.25, -0.2) is 9.59 Å². The fourth-order valence-corrected chi connectivity index (χ4v) is 1.40. The second-order valence-electron chi connectivity index (χ2n) is 5.30. The summed E-state index contributed by atoms with van der Waals surface area (Å²) in [6.45, 7) is 7.12. The number of esters is 1. The van der Waals surface area contributed by atoms with Crippen LogP contribution in [0.4, 0.5) is 4.79 Å². The number of methoxy groups -OCH3 is 1. The van der Waals surface area contributed by atoms with Crippen LogP contribution < -0.4 is 10.6 Å². The number of alkyl carbamates (subject to hydrolysis) is 1. The number of carbonyl (C=O) groups is 3. The first kappa shape index (κ1) is 18.9. The van der Waals surface area contributed by atoms with Crippen LogP contribution in [0.1, 0.15) is 34.1 Å². The molecule has 0 bridgehead atoms. The summed E-state index contributed by atoms with van der Waals surface area (Å²) in [4.78, 5) is 34.4. The van der Waals surface area contributed by atoms with E-state index in [-0.39, 0.29) is 13.0 Å². The standard InChI is InChI=1S/C14H24N2O5/c1-6-7-11(17)16-10(12(18)20-5)8-9-15-13(19)21-14(2,3)4/h6-7,10H,8-9H2,1-5H3,(H,15,19)(H,16,17)/b7-6+.